The predicted octanol–water partition coefficient (Wildman–Crippen LogP) is 1.83. The van der Waals surface area contributed by atoms with E-state index in [-0.39, 0.29) is 5.25 Å². The molecule has 2 atom stereocenters. The highest BCUT2D eigenvalue weighted by atomic mass is 32.2. The van der Waals surface area contributed by atoms with Crippen LogP contribution in [0.1, 0.15) is 46.0 Å². The zero-order valence-electron chi connectivity index (χ0n) is 12.0. The van der Waals surface area contributed by atoms with Crippen molar-refractivity contribution in [2.24, 2.45) is 5.92 Å². The molecule has 2 unspecified atom stereocenters. The average Bonchev–Trinajstić information content (AvgIpc) is 2.56. The van der Waals surface area contributed by atoms with Gasteiger partial charge in [0.05, 0.1) is 5.25 Å². The summed E-state index contributed by atoms with van der Waals surface area (Å²) in [5, 5.41) is 2.62. The van der Waals surface area contributed by atoms with Gasteiger partial charge in [0.15, 0.2) is 0 Å². The number of hydrogen-bond donors (Lipinski definition) is 1. The van der Waals surface area contributed by atoms with Gasteiger partial charge in [-0.25, -0.2) is 12.7 Å². The molecule has 0 aromatic rings. The van der Waals surface area contributed by atoms with E-state index in [1.807, 2.05) is 0 Å². The van der Waals surface area contributed by atoms with Crippen molar-refractivity contribution in [3.8, 4) is 0 Å². The van der Waals surface area contributed by atoms with Gasteiger partial charge in [0.2, 0.25) is 10.0 Å². The summed E-state index contributed by atoms with van der Waals surface area (Å²) in [7, 11) is -1.32. The monoisotopic (exact) mass is 276 g/mol. The van der Waals surface area contributed by atoms with E-state index < -0.39 is 10.0 Å². The van der Waals surface area contributed by atoms with Crippen LogP contribution in [-0.2, 0) is 10.0 Å². The van der Waals surface area contributed by atoms with Crippen LogP contribution < -0.4 is 5.32 Å². The van der Waals surface area contributed by atoms with Gasteiger partial charge in [0.1, 0.15) is 0 Å². The molecule has 0 amide bonds. The fourth-order valence-corrected chi connectivity index (χ4v) is 4.37. The lowest BCUT2D eigenvalue weighted by molar-refractivity contribution is 0.395. The van der Waals surface area contributed by atoms with Crippen molar-refractivity contribution in [1.29, 1.82) is 0 Å². The Labute approximate surface area is 112 Å². The first-order chi connectivity index (χ1) is 8.52. The van der Waals surface area contributed by atoms with Crippen LogP contribution in [0.5, 0.6) is 0 Å². The largest absolute Gasteiger partial charge is 0.318 e. The number of nitrogens with zero attached hydrogens (tertiary/aromatic N) is 1. The maximum Gasteiger partial charge on any atom is 0.217 e. The van der Waals surface area contributed by atoms with Crippen molar-refractivity contribution >= 4 is 10.0 Å². The molecular formula is C13H28N2O2S. The summed E-state index contributed by atoms with van der Waals surface area (Å²) in [4.78, 5) is 0. The molecule has 0 bridgehead atoms. The molecule has 18 heavy (non-hydrogen) atoms. The first-order valence-electron chi connectivity index (χ1n) is 7.16. The molecule has 0 saturated carbocycles. The minimum atomic E-state index is -3.12. The third kappa shape index (κ3) is 4.21. The molecule has 0 radical (unpaired) electrons. The van der Waals surface area contributed by atoms with E-state index in [0.29, 0.717) is 19.6 Å². The summed E-state index contributed by atoms with van der Waals surface area (Å²) in [5.41, 5.74) is 0. The van der Waals surface area contributed by atoms with Gasteiger partial charge < -0.3 is 5.32 Å². The lowest BCUT2D eigenvalue weighted by Gasteiger charge is -2.24. The van der Waals surface area contributed by atoms with Crippen LogP contribution in [0.4, 0.5) is 0 Å². The molecule has 1 rings (SSSR count). The first kappa shape index (κ1) is 15.9. The topological polar surface area (TPSA) is 49.4 Å². The van der Waals surface area contributed by atoms with E-state index >= 15 is 0 Å². The minimum Gasteiger partial charge on any atom is -0.318 e. The molecule has 1 aliphatic heterocycles. The molecular weight excluding hydrogens is 248 g/mol. The van der Waals surface area contributed by atoms with Gasteiger partial charge in [0, 0.05) is 19.6 Å². The zero-order chi connectivity index (χ0) is 13.6. The summed E-state index contributed by atoms with van der Waals surface area (Å²) >= 11 is 0. The van der Waals surface area contributed by atoms with Crippen LogP contribution in [0.2, 0.25) is 0 Å². The van der Waals surface area contributed by atoms with E-state index in [0.717, 1.165) is 18.8 Å². The summed E-state index contributed by atoms with van der Waals surface area (Å²) in [6.07, 6.45) is 5.66. The zero-order valence-corrected chi connectivity index (χ0v) is 12.8. The third-order valence-electron chi connectivity index (χ3n) is 3.86. The van der Waals surface area contributed by atoms with Gasteiger partial charge in [-0.3, -0.25) is 0 Å². The molecule has 1 fully saturated rings. The van der Waals surface area contributed by atoms with Crippen LogP contribution in [0.25, 0.3) is 0 Å². The van der Waals surface area contributed by atoms with Crippen molar-refractivity contribution in [2.45, 2.75) is 51.2 Å². The van der Waals surface area contributed by atoms with Crippen molar-refractivity contribution in [3.63, 3.8) is 0 Å². The standard InChI is InChI=1S/C13H28N2O2S/c1-4-6-13-7-5-9-15(10-8-13)18(16,17)12(2)11-14-3/h12-14H,4-11H2,1-3H3. The lowest BCUT2D eigenvalue weighted by Crippen LogP contribution is -2.41. The molecule has 0 aliphatic carbocycles. The Balaban J connectivity index is 2.61. The molecule has 0 aromatic carbocycles. The van der Waals surface area contributed by atoms with Crippen LogP contribution >= 0.6 is 0 Å². The Kier molecular flexibility index (Phi) is 6.60. The predicted molar refractivity (Wildman–Crippen MR) is 76.1 cm³/mol. The van der Waals surface area contributed by atoms with Gasteiger partial charge in [-0.05, 0) is 39.2 Å². The van der Waals surface area contributed by atoms with Crippen molar-refractivity contribution in [2.75, 3.05) is 26.7 Å². The summed E-state index contributed by atoms with van der Waals surface area (Å²) in [6.45, 7) is 5.93. The highest BCUT2D eigenvalue weighted by Gasteiger charge is 2.30. The Bertz CT molecular complexity index is 330. The fraction of sp³-hybridized carbons (Fsp3) is 1.00. The molecule has 4 nitrogen and oxygen atoms in total. The Morgan fingerprint density at radius 1 is 1.33 bits per heavy atom. The highest BCUT2D eigenvalue weighted by Crippen LogP contribution is 2.24. The van der Waals surface area contributed by atoms with Gasteiger partial charge in [-0.1, -0.05) is 19.8 Å². The summed E-state index contributed by atoms with van der Waals surface area (Å²) < 4.78 is 26.5. The Hall–Kier alpha value is -0.130. The van der Waals surface area contributed by atoms with Gasteiger partial charge in [-0.15, -0.1) is 0 Å². The van der Waals surface area contributed by atoms with Crippen LogP contribution in [0.3, 0.4) is 0 Å². The molecule has 1 aliphatic rings. The van der Waals surface area contributed by atoms with Gasteiger partial charge in [0.25, 0.3) is 0 Å². The van der Waals surface area contributed by atoms with Crippen molar-refractivity contribution in [1.82, 2.24) is 9.62 Å². The molecule has 1 heterocycles. The van der Waals surface area contributed by atoms with E-state index in [4.69, 9.17) is 0 Å². The highest BCUT2D eigenvalue weighted by molar-refractivity contribution is 7.89. The number of hydrogen-bond acceptors (Lipinski definition) is 3. The molecule has 0 aromatic heterocycles. The second kappa shape index (κ2) is 7.46. The second-order valence-corrected chi connectivity index (χ2v) is 7.75. The Morgan fingerprint density at radius 2 is 2.06 bits per heavy atom. The first-order valence-corrected chi connectivity index (χ1v) is 8.66. The number of sulfonamides is 1. The van der Waals surface area contributed by atoms with Gasteiger partial charge in [-0.2, -0.15) is 0 Å². The average molecular weight is 276 g/mol. The molecule has 0 spiro atoms. The van der Waals surface area contributed by atoms with Crippen LogP contribution in [0, 0.1) is 5.92 Å². The summed E-state index contributed by atoms with van der Waals surface area (Å²) in [6, 6.07) is 0. The molecule has 1 saturated heterocycles. The van der Waals surface area contributed by atoms with Crippen molar-refractivity contribution < 1.29 is 8.42 Å². The minimum absolute atomic E-state index is 0.328. The van der Waals surface area contributed by atoms with Crippen LogP contribution in [-0.4, -0.2) is 44.7 Å². The maximum absolute atomic E-state index is 12.4. The Morgan fingerprint density at radius 3 is 2.67 bits per heavy atom. The van der Waals surface area contributed by atoms with Gasteiger partial charge >= 0.3 is 0 Å². The van der Waals surface area contributed by atoms with E-state index in [2.05, 4.69) is 12.2 Å². The number of nitrogens with one attached hydrogen (secondary N) is 1. The number of rotatable bonds is 6. The van der Waals surface area contributed by atoms with E-state index in [9.17, 15) is 8.42 Å². The molecule has 5 heteroatoms. The fourth-order valence-electron chi connectivity index (χ4n) is 2.74. The molecule has 1 N–H and O–H groups in total. The van der Waals surface area contributed by atoms with Crippen LogP contribution in [0.15, 0.2) is 0 Å². The summed E-state index contributed by atoms with van der Waals surface area (Å²) in [5.74, 6) is 0.717. The quantitative estimate of drug-likeness (QED) is 0.805. The maximum atomic E-state index is 12.4. The van der Waals surface area contributed by atoms with Crippen molar-refractivity contribution in [3.05, 3.63) is 0 Å². The van der Waals surface area contributed by atoms with E-state index in [1.54, 1.807) is 18.3 Å². The smallest absolute Gasteiger partial charge is 0.217 e. The van der Waals surface area contributed by atoms with E-state index in [1.165, 1.54) is 19.3 Å². The SMILES string of the molecule is CCCC1CCCN(S(=O)(=O)C(C)CNC)CC1. The lowest BCUT2D eigenvalue weighted by atomic mass is 9.96. The molecule has 108 valence electrons. The third-order valence-corrected chi connectivity index (χ3v) is 6.13. The second-order valence-electron chi connectivity index (χ2n) is 5.40. The normalized spacial score (nSPS) is 24.7.